The van der Waals surface area contributed by atoms with Crippen LogP contribution < -0.4 is 5.32 Å². The van der Waals surface area contributed by atoms with E-state index in [4.69, 9.17) is 4.74 Å². The lowest BCUT2D eigenvalue weighted by Crippen LogP contribution is -2.25. The third kappa shape index (κ3) is 15.6. The number of hydrogen-bond acceptors (Lipinski definition) is 2. The minimum Gasteiger partial charge on any atom is -0.436 e. The Bertz CT molecular complexity index is 284. The first kappa shape index (κ1) is 19.6. The molecule has 0 aliphatic carbocycles. The van der Waals surface area contributed by atoms with Gasteiger partial charge < -0.3 is 10.1 Å². The fraction of sp³-hybridized carbons (Fsp3) is 0.812. The molecule has 3 nitrogen and oxygen atoms in total. The van der Waals surface area contributed by atoms with Crippen LogP contribution in [0.4, 0.5) is 4.79 Å². The quantitative estimate of drug-likeness (QED) is 0.287. The summed E-state index contributed by atoms with van der Waals surface area (Å²) in [6, 6.07) is 0. The van der Waals surface area contributed by atoms with Crippen molar-refractivity contribution in [3.8, 4) is 9.85 Å². The van der Waals surface area contributed by atoms with E-state index < -0.39 is 0 Å². The summed E-state index contributed by atoms with van der Waals surface area (Å²) in [5.41, 5.74) is 0. The summed E-state index contributed by atoms with van der Waals surface area (Å²) in [5, 5.41) is 2.74. The summed E-state index contributed by atoms with van der Waals surface area (Å²) in [5.74, 6) is 2.68. The fourth-order valence-electron chi connectivity index (χ4n) is 1.98. The Balaban J connectivity index is 3.12. The lowest BCUT2D eigenvalue weighted by atomic mass is 10.1. The predicted molar refractivity (Wildman–Crippen MR) is 93.0 cm³/mol. The summed E-state index contributed by atoms with van der Waals surface area (Å²) in [7, 11) is 0. The minimum atomic E-state index is -0.361. The molecule has 0 radical (unpaired) electrons. The van der Waals surface area contributed by atoms with Crippen molar-refractivity contribution in [3.05, 3.63) is 0 Å². The van der Waals surface area contributed by atoms with E-state index in [1.165, 1.54) is 57.8 Å². The molecule has 0 rings (SSSR count). The number of carbonyl (C=O) groups excluding carboxylic acids is 1. The first-order chi connectivity index (χ1) is 9.81. The summed E-state index contributed by atoms with van der Waals surface area (Å²) >= 11 is 1.92. The number of carbonyl (C=O) groups is 1. The molecule has 0 fully saturated rings. The molecule has 0 atom stereocenters. The lowest BCUT2D eigenvalue weighted by Gasteiger charge is -2.05. The van der Waals surface area contributed by atoms with Crippen LogP contribution in [-0.4, -0.2) is 19.2 Å². The van der Waals surface area contributed by atoms with Crippen LogP contribution in [0.15, 0.2) is 0 Å². The minimum absolute atomic E-state index is 0.173. The van der Waals surface area contributed by atoms with Gasteiger partial charge in [0, 0.05) is 29.1 Å². The maximum Gasteiger partial charge on any atom is 0.408 e. The molecular formula is C16H28INO2. The molecule has 116 valence electrons. The second-order valence-electron chi connectivity index (χ2n) is 4.96. The molecule has 0 heterocycles. The van der Waals surface area contributed by atoms with Crippen LogP contribution in [-0.2, 0) is 4.74 Å². The molecule has 0 spiro atoms. The summed E-state index contributed by atoms with van der Waals surface area (Å²) < 4.78 is 7.50. The summed E-state index contributed by atoms with van der Waals surface area (Å²) in [4.78, 5) is 11.2. The first-order valence-electron chi connectivity index (χ1n) is 7.80. The van der Waals surface area contributed by atoms with E-state index in [-0.39, 0.29) is 12.7 Å². The standard InChI is InChI=1S/C16H28INO2/c1-2-3-4-5-6-7-8-9-10-11-14-18-16(19)20-15-12-13-17/h2-11,14-15H2,1H3,(H,18,19). The van der Waals surface area contributed by atoms with Gasteiger partial charge in [-0.05, 0) is 10.3 Å². The van der Waals surface area contributed by atoms with Gasteiger partial charge >= 0.3 is 6.09 Å². The van der Waals surface area contributed by atoms with Crippen molar-refractivity contribution in [3.63, 3.8) is 0 Å². The maximum atomic E-state index is 11.2. The third-order valence-electron chi connectivity index (χ3n) is 3.14. The zero-order valence-corrected chi connectivity index (χ0v) is 14.8. The molecule has 20 heavy (non-hydrogen) atoms. The van der Waals surface area contributed by atoms with Gasteiger partial charge in [-0.1, -0.05) is 70.6 Å². The number of unbranched alkanes of at least 4 members (excludes halogenated alkanes) is 9. The van der Waals surface area contributed by atoms with Gasteiger partial charge in [0.15, 0.2) is 6.61 Å². The number of amides is 1. The Morgan fingerprint density at radius 2 is 1.55 bits per heavy atom. The van der Waals surface area contributed by atoms with E-state index in [0.29, 0.717) is 6.54 Å². The molecular weight excluding hydrogens is 365 g/mol. The molecule has 4 heteroatoms. The highest BCUT2D eigenvalue weighted by Crippen LogP contribution is 2.10. The Hall–Kier alpha value is -0.440. The van der Waals surface area contributed by atoms with Gasteiger partial charge in [-0.15, -0.1) is 0 Å². The van der Waals surface area contributed by atoms with Gasteiger partial charge in [-0.3, -0.25) is 0 Å². The van der Waals surface area contributed by atoms with Crippen LogP contribution in [0.5, 0.6) is 0 Å². The van der Waals surface area contributed by atoms with E-state index in [1.54, 1.807) is 0 Å². The smallest absolute Gasteiger partial charge is 0.408 e. The normalized spacial score (nSPS) is 9.70. The third-order valence-corrected chi connectivity index (χ3v) is 3.52. The van der Waals surface area contributed by atoms with Crippen molar-refractivity contribution in [1.82, 2.24) is 5.32 Å². The molecule has 0 unspecified atom stereocenters. The monoisotopic (exact) mass is 393 g/mol. The van der Waals surface area contributed by atoms with Gasteiger partial charge in [-0.2, -0.15) is 0 Å². The Morgan fingerprint density at radius 1 is 1.00 bits per heavy atom. The van der Waals surface area contributed by atoms with Crippen LogP contribution in [0.25, 0.3) is 0 Å². The Kier molecular flexibility index (Phi) is 16.2. The van der Waals surface area contributed by atoms with E-state index in [0.717, 1.165) is 6.42 Å². The topological polar surface area (TPSA) is 38.3 Å². The number of nitrogens with one attached hydrogen (secondary N) is 1. The number of ether oxygens (including phenoxy) is 1. The van der Waals surface area contributed by atoms with Crippen molar-refractivity contribution in [1.29, 1.82) is 0 Å². The fourth-order valence-corrected chi connectivity index (χ4v) is 2.14. The molecule has 0 saturated carbocycles. The number of rotatable bonds is 12. The molecule has 0 saturated heterocycles. The summed E-state index contributed by atoms with van der Waals surface area (Å²) in [6.45, 7) is 3.13. The van der Waals surface area contributed by atoms with Crippen LogP contribution in [0.1, 0.15) is 71.1 Å². The second kappa shape index (κ2) is 16.6. The molecule has 0 aliphatic heterocycles. The molecule has 0 aromatic rings. The van der Waals surface area contributed by atoms with Crippen LogP contribution >= 0.6 is 22.6 Å². The van der Waals surface area contributed by atoms with Gasteiger partial charge in [0.1, 0.15) is 0 Å². The van der Waals surface area contributed by atoms with Gasteiger partial charge in [0.05, 0.1) is 0 Å². The lowest BCUT2D eigenvalue weighted by molar-refractivity contribution is 0.160. The van der Waals surface area contributed by atoms with Crippen molar-refractivity contribution in [2.45, 2.75) is 71.1 Å². The average Bonchev–Trinajstić information content (AvgIpc) is 2.45. The van der Waals surface area contributed by atoms with E-state index >= 15 is 0 Å². The zero-order valence-electron chi connectivity index (χ0n) is 12.7. The summed E-state index contributed by atoms with van der Waals surface area (Å²) in [6.07, 6.45) is 12.7. The van der Waals surface area contributed by atoms with E-state index in [9.17, 15) is 4.79 Å². The van der Waals surface area contributed by atoms with Crippen molar-refractivity contribution in [2.24, 2.45) is 0 Å². The second-order valence-corrected chi connectivity index (χ2v) is 5.50. The highest BCUT2D eigenvalue weighted by molar-refractivity contribution is 14.1. The van der Waals surface area contributed by atoms with Crippen LogP contribution in [0.3, 0.4) is 0 Å². The maximum absolute atomic E-state index is 11.2. The molecule has 1 amide bonds. The van der Waals surface area contributed by atoms with E-state index in [1.807, 2.05) is 22.6 Å². The number of alkyl carbamates (subject to hydrolysis) is 1. The van der Waals surface area contributed by atoms with Crippen molar-refractivity contribution >= 4 is 28.7 Å². The molecule has 1 N–H and O–H groups in total. The molecule has 0 aromatic carbocycles. The van der Waals surface area contributed by atoms with Crippen LogP contribution in [0, 0.1) is 9.85 Å². The zero-order chi connectivity index (χ0) is 14.9. The number of hydrogen-bond donors (Lipinski definition) is 1. The predicted octanol–water partition coefficient (Wildman–Crippen LogP) is 5.03. The first-order valence-corrected chi connectivity index (χ1v) is 8.88. The van der Waals surface area contributed by atoms with Crippen molar-refractivity contribution in [2.75, 3.05) is 13.2 Å². The number of halogens is 1. The molecule has 0 aromatic heterocycles. The van der Waals surface area contributed by atoms with Gasteiger partial charge in [0.25, 0.3) is 0 Å². The van der Waals surface area contributed by atoms with Crippen molar-refractivity contribution < 1.29 is 9.53 Å². The van der Waals surface area contributed by atoms with Gasteiger partial charge in [-0.25, -0.2) is 4.79 Å². The highest BCUT2D eigenvalue weighted by Gasteiger charge is 1.98. The largest absolute Gasteiger partial charge is 0.436 e. The SMILES string of the molecule is CCCCCCCCCCCCNC(=O)OCC#CI. The molecule has 0 aliphatic rings. The Labute approximate surface area is 137 Å². The van der Waals surface area contributed by atoms with Crippen LogP contribution in [0.2, 0.25) is 0 Å². The Morgan fingerprint density at radius 3 is 2.10 bits per heavy atom. The van der Waals surface area contributed by atoms with E-state index in [2.05, 4.69) is 22.1 Å². The highest BCUT2D eigenvalue weighted by atomic mass is 127. The molecule has 0 bridgehead atoms. The van der Waals surface area contributed by atoms with Gasteiger partial charge in [0.2, 0.25) is 0 Å². The average molecular weight is 393 g/mol.